The van der Waals surface area contributed by atoms with Gasteiger partial charge in [-0.05, 0) is 24.1 Å². The number of hydrogen-bond acceptors (Lipinski definition) is 2. The van der Waals surface area contributed by atoms with Gasteiger partial charge in [-0.3, -0.25) is 4.79 Å². The first kappa shape index (κ1) is 15.5. The number of halogens is 2. The molecule has 0 atom stereocenters. The van der Waals surface area contributed by atoms with Crippen molar-refractivity contribution >= 4 is 33.4 Å². The second kappa shape index (κ2) is 9.36. The van der Waals surface area contributed by atoms with Gasteiger partial charge in [-0.2, -0.15) is 0 Å². The van der Waals surface area contributed by atoms with Crippen molar-refractivity contribution in [2.45, 2.75) is 12.8 Å². The highest BCUT2D eigenvalue weighted by Crippen LogP contribution is 2.11. The van der Waals surface area contributed by atoms with Crippen molar-refractivity contribution in [2.75, 3.05) is 25.6 Å². The maximum atomic E-state index is 11.6. The normalized spacial score (nSPS) is 10.3. The molecule has 0 radical (unpaired) electrons. The van der Waals surface area contributed by atoms with Gasteiger partial charge in [0.05, 0.1) is 13.0 Å². The molecule has 0 aliphatic rings. The standard InChI is InChI=1S/C13H17BrClNO2/c14-12-4-1-3-11(9-12)10-13(17)16-6-2-7-18-8-5-15/h1,3-4,9H,2,5-8,10H2,(H,16,17). The molecule has 18 heavy (non-hydrogen) atoms. The molecule has 0 saturated carbocycles. The van der Waals surface area contributed by atoms with Crippen LogP contribution in [-0.2, 0) is 16.0 Å². The summed E-state index contributed by atoms with van der Waals surface area (Å²) in [5.74, 6) is 0.542. The molecule has 0 unspecified atom stereocenters. The minimum atomic E-state index is 0.0328. The number of carbonyl (C=O) groups is 1. The minimum absolute atomic E-state index is 0.0328. The number of amides is 1. The molecule has 0 saturated heterocycles. The fraction of sp³-hybridized carbons (Fsp3) is 0.462. The molecule has 0 heterocycles. The Morgan fingerprint density at radius 1 is 1.39 bits per heavy atom. The third-order valence-corrected chi connectivity index (χ3v) is 2.91. The van der Waals surface area contributed by atoms with Crippen LogP contribution in [-0.4, -0.2) is 31.5 Å². The zero-order valence-electron chi connectivity index (χ0n) is 10.1. The van der Waals surface area contributed by atoms with Crippen LogP contribution in [0, 0.1) is 0 Å². The lowest BCUT2D eigenvalue weighted by Gasteiger charge is -2.06. The highest BCUT2D eigenvalue weighted by Gasteiger charge is 2.02. The zero-order valence-corrected chi connectivity index (χ0v) is 12.5. The van der Waals surface area contributed by atoms with Crippen molar-refractivity contribution in [3.8, 4) is 0 Å². The molecular formula is C13H17BrClNO2. The Hall–Kier alpha value is -0.580. The predicted molar refractivity (Wildman–Crippen MR) is 77.0 cm³/mol. The van der Waals surface area contributed by atoms with Crippen molar-refractivity contribution < 1.29 is 9.53 Å². The van der Waals surface area contributed by atoms with Gasteiger partial charge in [-0.15, -0.1) is 11.6 Å². The fourth-order valence-corrected chi connectivity index (χ4v) is 2.01. The van der Waals surface area contributed by atoms with E-state index in [4.69, 9.17) is 16.3 Å². The lowest BCUT2D eigenvalue weighted by Crippen LogP contribution is -2.26. The quantitative estimate of drug-likeness (QED) is 0.586. The van der Waals surface area contributed by atoms with Gasteiger partial charge >= 0.3 is 0 Å². The van der Waals surface area contributed by atoms with Crippen LogP contribution in [0.4, 0.5) is 0 Å². The number of hydrogen-bond donors (Lipinski definition) is 1. The van der Waals surface area contributed by atoms with Crippen molar-refractivity contribution in [3.63, 3.8) is 0 Å². The number of carbonyl (C=O) groups excluding carboxylic acids is 1. The second-order valence-corrected chi connectivity index (χ2v) is 5.11. The van der Waals surface area contributed by atoms with E-state index in [1.807, 2.05) is 24.3 Å². The summed E-state index contributed by atoms with van der Waals surface area (Å²) in [7, 11) is 0. The maximum Gasteiger partial charge on any atom is 0.224 e. The molecule has 1 rings (SSSR count). The van der Waals surface area contributed by atoms with Crippen molar-refractivity contribution in [1.82, 2.24) is 5.32 Å². The summed E-state index contributed by atoms with van der Waals surface area (Å²) in [5.41, 5.74) is 1.00. The van der Waals surface area contributed by atoms with E-state index in [1.165, 1.54) is 0 Å². The molecule has 1 aromatic rings. The SMILES string of the molecule is O=C(Cc1cccc(Br)c1)NCCCOCCCl. The highest BCUT2D eigenvalue weighted by atomic mass is 79.9. The van der Waals surface area contributed by atoms with Crippen LogP contribution in [0.1, 0.15) is 12.0 Å². The third-order valence-electron chi connectivity index (χ3n) is 2.26. The van der Waals surface area contributed by atoms with Gasteiger partial charge in [0.15, 0.2) is 0 Å². The summed E-state index contributed by atoms with van der Waals surface area (Å²) < 4.78 is 6.20. The smallest absolute Gasteiger partial charge is 0.224 e. The van der Waals surface area contributed by atoms with E-state index in [2.05, 4.69) is 21.2 Å². The van der Waals surface area contributed by atoms with Crippen LogP contribution in [0.3, 0.4) is 0 Å². The van der Waals surface area contributed by atoms with Crippen LogP contribution in [0.2, 0.25) is 0 Å². The van der Waals surface area contributed by atoms with Gasteiger partial charge in [-0.25, -0.2) is 0 Å². The molecule has 0 fully saturated rings. The lowest BCUT2D eigenvalue weighted by molar-refractivity contribution is -0.120. The molecule has 3 nitrogen and oxygen atoms in total. The second-order valence-electron chi connectivity index (χ2n) is 3.81. The maximum absolute atomic E-state index is 11.6. The Morgan fingerprint density at radius 2 is 2.22 bits per heavy atom. The Bertz CT molecular complexity index is 374. The molecule has 1 aromatic carbocycles. The van der Waals surface area contributed by atoms with Crippen molar-refractivity contribution in [2.24, 2.45) is 0 Å². The highest BCUT2D eigenvalue weighted by molar-refractivity contribution is 9.10. The zero-order chi connectivity index (χ0) is 13.2. The average Bonchev–Trinajstić information content (AvgIpc) is 2.33. The molecule has 0 bridgehead atoms. The van der Waals surface area contributed by atoms with E-state index in [-0.39, 0.29) is 5.91 Å². The van der Waals surface area contributed by atoms with Gasteiger partial charge in [0.1, 0.15) is 0 Å². The van der Waals surface area contributed by atoms with Crippen LogP contribution in [0.5, 0.6) is 0 Å². The van der Waals surface area contributed by atoms with E-state index in [1.54, 1.807) is 0 Å². The summed E-state index contributed by atoms with van der Waals surface area (Å²) in [6.07, 6.45) is 1.21. The molecule has 0 aliphatic carbocycles. The number of rotatable bonds is 8. The number of alkyl halides is 1. The summed E-state index contributed by atoms with van der Waals surface area (Å²) in [5, 5.41) is 2.86. The number of nitrogens with one attached hydrogen (secondary N) is 1. The summed E-state index contributed by atoms with van der Waals surface area (Å²) in [6, 6.07) is 7.75. The van der Waals surface area contributed by atoms with E-state index in [9.17, 15) is 4.79 Å². The molecule has 0 spiro atoms. The van der Waals surface area contributed by atoms with Crippen molar-refractivity contribution in [1.29, 1.82) is 0 Å². The van der Waals surface area contributed by atoms with E-state index in [0.29, 0.717) is 32.1 Å². The van der Waals surface area contributed by atoms with Gasteiger partial charge in [0.25, 0.3) is 0 Å². The first-order valence-corrected chi connectivity index (χ1v) is 7.20. The van der Waals surface area contributed by atoms with E-state index in [0.717, 1.165) is 16.5 Å². The van der Waals surface area contributed by atoms with Crippen LogP contribution >= 0.6 is 27.5 Å². The lowest BCUT2D eigenvalue weighted by atomic mass is 10.1. The van der Waals surface area contributed by atoms with Gasteiger partial charge < -0.3 is 10.1 Å². The number of benzene rings is 1. The first-order chi connectivity index (χ1) is 8.72. The molecule has 0 aromatic heterocycles. The van der Waals surface area contributed by atoms with Gasteiger partial charge in [-0.1, -0.05) is 28.1 Å². The Morgan fingerprint density at radius 3 is 2.94 bits per heavy atom. The fourth-order valence-electron chi connectivity index (χ4n) is 1.45. The van der Waals surface area contributed by atoms with Gasteiger partial charge in [0.2, 0.25) is 5.91 Å². The Balaban J connectivity index is 2.14. The number of ether oxygens (including phenoxy) is 1. The van der Waals surface area contributed by atoms with Crippen LogP contribution in [0.25, 0.3) is 0 Å². The topological polar surface area (TPSA) is 38.3 Å². The molecule has 0 aliphatic heterocycles. The van der Waals surface area contributed by atoms with Crippen LogP contribution < -0.4 is 5.32 Å². The first-order valence-electron chi connectivity index (χ1n) is 5.87. The molecular weight excluding hydrogens is 318 g/mol. The monoisotopic (exact) mass is 333 g/mol. The Labute approximate surface area is 121 Å². The van der Waals surface area contributed by atoms with E-state index < -0.39 is 0 Å². The summed E-state index contributed by atoms with van der Waals surface area (Å²) in [4.78, 5) is 11.6. The molecule has 100 valence electrons. The minimum Gasteiger partial charge on any atom is -0.380 e. The van der Waals surface area contributed by atoms with Gasteiger partial charge in [0, 0.05) is 23.5 Å². The van der Waals surface area contributed by atoms with E-state index >= 15 is 0 Å². The molecule has 1 N–H and O–H groups in total. The molecule has 1 amide bonds. The Kier molecular flexibility index (Phi) is 8.05. The van der Waals surface area contributed by atoms with Crippen LogP contribution in [0.15, 0.2) is 28.7 Å². The average molecular weight is 335 g/mol. The summed E-state index contributed by atoms with van der Waals surface area (Å²) in [6.45, 7) is 1.83. The van der Waals surface area contributed by atoms with Crippen molar-refractivity contribution in [3.05, 3.63) is 34.3 Å². The summed E-state index contributed by atoms with van der Waals surface area (Å²) >= 11 is 8.85. The third kappa shape index (κ3) is 6.99. The predicted octanol–water partition coefficient (Wildman–Crippen LogP) is 2.75. The largest absolute Gasteiger partial charge is 0.380 e. The molecule has 5 heteroatoms.